The van der Waals surface area contributed by atoms with Crippen molar-refractivity contribution in [3.63, 3.8) is 0 Å². The van der Waals surface area contributed by atoms with Crippen LogP contribution in [0.3, 0.4) is 0 Å². The Bertz CT molecular complexity index is 962. The molecule has 2 aromatic heterocycles. The number of aromatic nitrogens is 2. The van der Waals surface area contributed by atoms with Crippen molar-refractivity contribution in [3.8, 4) is 11.4 Å². The molecule has 128 valence electrons. The van der Waals surface area contributed by atoms with Crippen molar-refractivity contribution in [1.82, 2.24) is 14.9 Å². The molecule has 3 aromatic rings. The summed E-state index contributed by atoms with van der Waals surface area (Å²) in [6.07, 6.45) is 0.796. The van der Waals surface area contributed by atoms with Crippen LogP contribution in [-0.2, 0) is 19.5 Å². The molecule has 25 heavy (non-hydrogen) atoms. The Morgan fingerprint density at radius 3 is 2.80 bits per heavy atom. The Morgan fingerprint density at radius 1 is 1.28 bits per heavy atom. The second-order valence-corrected chi connectivity index (χ2v) is 7.77. The van der Waals surface area contributed by atoms with E-state index >= 15 is 0 Å². The number of aromatic amines is 1. The Kier molecular flexibility index (Phi) is 4.46. The largest absolute Gasteiger partial charge is 0.306 e. The van der Waals surface area contributed by atoms with Gasteiger partial charge in [-0.05, 0) is 48.2 Å². The summed E-state index contributed by atoms with van der Waals surface area (Å²) in [5.41, 5.74) is 3.86. The predicted molar refractivity (Wildman–Crippen MR) is 102 cm³/mol. The van der Waals surface area contributed by atoms with Crippen molar-refractivity contribution in [3.05, 3.63) is 72.8 Å². The van der Waals surface area contributed by atoms with Crippen LogP contribution in [0.4, 0.5) is 0 Å². The normalized spacial score (nSPS) is 14.5. The fraction of sp³-hybridized carbons (Fsp3) is 0.263. The van der Waals surface area contributed by atoms with E-state index in [2.05, 4.69) is 28.3 Å². The summed E-state index contributed by atoms with van der Waals surface area (Å²) in [6.45, 7) is 4.59. The molecule has 4 rings (SSSR count). The number of nitrogens with zero attached hydrogens (tertiary/aromatic N) is 2. The average molecular weight is 372 g/mol. The lowest BCUT2D eigenvalue weighted by molar-refractivity contribution is 0.243. The van der Waals surface area contributed by atoms with Crippen LogP contribution in [0.25, 0.3) is 11.4 Å². The number of hydrogen-bond acceptors (Lipinski definition) is 4. The summed E-state index contributed by atoms with van der Waals surface area (Å²) >= 11 is 7.71. The van der Waals surface area contributed by atoms with Gasteiger partial charge in [0.25, 0.3) is 5.56 Å². The summed E-state index contributed by atoms with van der Waals surface area (Å²) in [7, 11) is 0. The van der Waals surface area contributed by atoms with E-state index in [9.17, 15) is 4.79 Å². The maximum Gasteiger partial charge on any atom is 0.255 e. The van der Waals surface area contributed by atoms with Crippen molar-refractivity contribution < 1.29 is 0 Å². The quantitative estimate of drug-likeness (QED) is 0.756. The monoisotopic (exact) mass is 371 g/mol. The molecule has 1 aromatic carbocycles. The smallest absolute Gasteiger partial charge is 0.255 e. The molecular formula is C19H18ClN3OS. The summed E-state index contributed by atoms with van der Waals surface area (Å²) in [6, 6.07) is 9.51. The van der Waals surface area contributed by atoms with Crippen LogP contribution in [0.15, 0.2) is 40.5 Å². The number of thiophene rings is 1. The molecule has 1 aliphatic rings. The van der Waals surface area contributed by atoms with Crippen molar-refractivity contribution in [2.45, 2.75) is 26.4 Å². The maximum absolute atomic E-state index is 12.6. The van der Waals surface area contributed by atoms with Crippen molar-refractivity contribution in [1.29, 1.82) is 0 Å². The molecule has 0 saturated heterocycles. The van der Waals surface area contributed by atoms with E-state index in [0.29, 0.717) is 17.4 Å². The van der Waals surface area contributed by atoms with Gasteiger partial charge >= 0.3 is 0 Å². The minimum atomic E-state index is -0.0393. The van der Waals surface area contributed by atoms with Gasteiger partial charge in [0.2, 0.25) is 0 Å². The lowest BCUT2D eigenvalue weighted by Gasteiger charge is -2.27. The molecule has 6 heteroatoms. The molecule has 3 heterocycles. The molecule has 0 unspecified atom stereocenters. The first-order valence-corrected chi connectivity index (χ1v) is 9.49. The van der Waals surface area contributed by atoms with Crippen LogP contribution in [0, 0.1) is 6.92 Å². The first-order chi connectivity index (χ1) is 12.1. The van der Waals surface area contributed by atoms with E-state index in [1.54, 1.807) is 23.5 Å². The third-order valence-electron chi connectivity index (χ3n) is 4.60. The van der Waals surface area contributed by atoms with Gasteiger partial charge in [-0.15, -0.1) is 11.3 Å². The lowest BCUT2D eigenvalue weighted by Crippen LogP contribution is -2.35. The third kappa shape index (κ3) is 3.40. The number of benzene rings is 1. The highest BCUT2D eigenvalue weighted by molar-refractivity contribution is 7.10. The minimum absolute atomic E-state index is 0.0393. The fourth-order valence-electron chi connectivity index (χ4n) is 3.13. The first kappa shape index (κ1) is 16.5. The molecule has 0 saturated carbocycles. The van der Waals surface area contributed by atoms with Crippen LogP contribution in [-0.4, -0.2) is 21.4 Å². The SMILES string of the molecule is Cc1ccsc1CN1CCc2nc(-c3ccc(Cl)cc3)[nH]c(=O)c2C1. The van der Waals surface area contributed by atoms with E-state index in [1.807, 2.05) is 12.1 Å². The molecule has 1 aliphatic heterocycles. The van der Waals surface area contributed by atoms with E-state index in [4.69, 9.17) is 16.6 Å². The standard InChI is InChI=1S/C19H18ClN3OS/c1-12-7-9-25-17(12)11-23-8-6-16-15(10-23)19(24)22-18(21-16)13-2-4-14(20)5-3-13/h2-5,7,9H,6,8,10-11H2,1H3,(H,21,22,24). The number of halogens is 1. The molecule has 1 N–H and O–H groups in total. The van der Waals surface area contributed by atoms with Gasteiger partial charge in [0, 0.05) is 41.5 Å². The van der Waals surface area contributed by atoms with E-state index < -0.39 is 0 Å². The number of fused-ring (bicyclic) bond motifs is 1. The number of hydrogen-bond donors (Lipinski definition) is 1. The van der Waals surface area contributed by atoms with Crippen LogP contribution < -0.4 is 5.56 Å². The van der Waals surface area contributed by atoms with Gasteiger partial charge in [-0.25, -0.2) is 4.98 Å². The zero-order chi connectivity index (χ0) is 17.4. The molecule has 0 fully saturated rings. The summed E-state index contributed by atoms with van der Waals surface area (Å²) in [5, 5.41) is 2.79. The van der Waals surface area contributed by atoms with E-state index in [1.165, 1.54) is 10.4 Å². The van der Waals surface area contributed by atoms with E-state index in [-0.39, 0.29) is 5.56 Å². The molecule has 0 spiro atoms. The van der Waals surface area contributed by atoms with Crippen molar-refractivity contribution >= 4 is 22.9 Å². The molecular weight excluding hydrogens is 354 g/mol. The summed E-state index contributed by atoms with van der Waals surface area (Å²) in [5.74, 6) is 0.614. The Balaban J connectivity index is 1.60. The van der Waals surface area contributed by atoms with Crippen LogP contribution in [0.5, 0.6) is 0 Å². The lowest BCUT2D eigenvalue weighted by atomic mass is 10.1. The Morgan fingerprint density at radius 2 is 2.08 bits per heavy atom. The number of H-pyrrole nitrogens is 1. The maximum atomic E-state index is 12.6. The summed E-state index contributed by atoms with van der Waals surface area (Å²) < 4.78 is 0. The van der Waals surface area contributed by atoms with Crippen molar-refractivity contribution in [2.75, 3.05) is 6.54 Å². The van der Waals surface area contributed by atoms with Gasteiger partial charge in [-0.1, -0.05) is 11.6 Å². The van der Waals surface area contributed by atoms with Crippen LogP contribution in [0.2, 0.25) is 5.02 Å². The fourth-order valence-corrected chi connectivity index (χ4v) is 4.20. The highest BCUT2D eigenvalue weighted by atomic mass is 35.5. The molecule has 0 bridgehead atoms. The highest BCUT2D eigenvalue weighted by Crippen LogP contribution is 2.23. The molecule has 4 nitrogen and oxygen atoms in total. The molecule has 0 atom stereocenters. The first-order valence-electron chi connectivity index (χ1n) is 8.23. The van der Waals surface area contributed by atoms with Gasteiger partial charge in [0.15, 0.2) is 0 Å². The minimum Gasteiger partial charge on any atom is -0.306 e. The van der Waals surface area contributed by atoms with Gasteiger partial charge in [0.05, 0.1) is 11.3 Å². The number of nitrogens with one attached hydrogen (secondary N) is 1. The Labute approximate surface area is 155 Å². The van der Waals surface area contributed by atoms with Gasteiger partial charge in [-0.2, -0.15) is 0 Å². The average Bonchev–Trinajstić information content (AvgIpc) is 3.01. The predicted octanol–water partition coefficient (Wildman–Crippen LogP) is 4.02. The summed E-state index contributed by atoms with van der Waals surface area (Å²) in [4.78, 5) is 23.9. The second-order valence-electron chi connectivity index (χ2n) is 6.33. The zero-order valence-corrected chi connectivity index (χ0v) is 15.5. The van der Waals surface area contributed by atoms with Gasteiger partial charge in [0.1, 0.15) is 5.82 Å². The number of aryl methyl sites for hydroxylation is 1. The van der Waals surface area contributed by atoms with Crippen LogP contribution in [0.1, 0.15) is 21.7 Å². The van der Waals surface area contributed by atoms with Gasteiger partial charge < -0.3 is 4.98 Å². The number of rotatable bonds is 3. The topological polar surface area (TPSA) is 49.0 Å². The molecule has 0 aliphatic carbocycles. The zero-order valence-electron chi connectivity index (χ0n) is 13.9. The van der Waals surface area contributed by atoms with Gasteiger partial charge in [-0.3, -0.25) is 9.69 Å². The third-order valence-corrected chi connectivity index (χ3v) is 5.86. The Hall–Kier alpha value is -1.95. The second kappa shape index (κ2) is 6.75. The molecule has 0 radical (unpaired) electrons. The van der Waals surface area contributed by atoms with E-state index in [0.717, 1.165) is 36.3 Å². The van der Waals surface area contributed by atoms with Crippen molar-refractivity contribution in [2.24, 2.45) is 0 Å². The highest BCUT2D eigenvalue weighted by Gasteiger charge is 2.22. The molecule has 0 amide bonds. The van der Waals surface area contributed by atoms with Crippen LogP contribution >= 0.6 is 22.9 Å².